The predicted molar refractivity (Wildman–Crippen MR) is 79.7 cm³/mol. The lowest BCUT2D eigenvalue weighted by Crippen LogP contribution is -1.93. The molecule has 100 valence electrons. The van der Waals surface area contributed by atoms with Crippen LogP contribution in [-0.4, -0.2) is 17.9 Å². The molecule has 0 fully saturated rings. The molecule has 0 saturated heterocycles. The Labute approximate surface area is 118 Å². The number of allylic oxidation sites excluding steroid dienone is 3. The summed E-state index contributed by atoms with van der Waals surface area (Å²) in [5.74, 6) is 0.789. The van der Waals surface area contributed by atoms with Gasteiger partial charge in [0, 0.05) is 18.0 Å². The number of ketones is 1. The van der Waals surface area contributed by atoms with E-state index in [-0.39, 0.29) is 5.78 Å². The van der Waals surface area contributed by atoms with Crippen LogP contribution in [0.3, 0.4) is 0 Å². The number of ether oxygens (including phenoxy) is 1. The highest BCUT2D eigenvalue weighted by molar-refractivity contribution is 6.04. The standard InChI is InChI=1S/C17H15NO2/c1-20-16-8-6-14(7-9-16)4-2-3-5-17(19)15-10-12-18-13-11-15/h2-13H,1H3/b4-2+,5-3+. The van der Waals surface area contributed by atoms with Crippen molar-refractivity contribution >= 4 is 11.9 Å². The summed E-state index contributed by atoms with van der Waals surface area (Å²) in [6.45, 7) is 0. The minimum atomic E-state index is -0.0354. The Morgan fingerprint density at radius 2 is 1.75 bits per heavy atom. The summed E-state index contributed by atoms with van der Waals surface area (Å²) >= 11 is 0. The van der Waals surface area contributed by atoms with E-state index in [1.165, 1.54) is 6.08 Å². The maximum Gasteiger partial charge on any atom is 0.185 e. The van der Waals surface area contributed by atoms with Crippen LogP contribution in [-0.2, 0) is 0 Å². The molecule has 0 bridgehead atoms. The lowest BCUT2D eigenvalue weighted by molar-refractivity contribution is 0.104. The maximum atomic E-state index is 11.8. The third-order valence-electron chi connectivity index (χ3n) is 2.73. The first kappa shape index (κ1) is 13.7. The van der Waals surface area contributed by atoms with Crippen LogP contribution in [0.2, 0.25) is 0 Å². The second-order valence-electron chi connectivity index (χ2n) is 4.09. The van der Waals surface area contributed by atoms with Crippen LogP contribution in [0.1, 0.15) is 15.9 Å². The minimum absolute atomic E-state index is 0.0354. The molecule has 0 amide bonds. The van der Waals surface area contributed by atoms with Crippen molar-refractivity contribution in [2.75, 3.05) is 7.11 Å². The van der Waals surface area contributed by atoms with Crippen molar-refractivity contribution in [3.05, 3.63) is 78.1 Å². The third-order valence-corrected chi connectivity index (χ3v) is 2.73. The highest BCUT2D eigenvalue weighted by Crippen LogP contribution is 2.12. The fourth-order valence-electron chi connectivity index (χ4n) is 1.64. The molecule has 0 unspecified atom stereocenters. The lowest BCUT2D eigenvalue weighted by Gasteiger charge is -1.98. The number of pyridine rings is 1. The topological polar surface area (TPSA) is 39.2 Å². The second-order valence-corrected chi connectivity index (χ2v) is 4.09. The quantitative estimate of drug-likeness (QED) is 0.471. The van der Waals surface area contributed by atoms with Gasteiger partial charge in [-0.1, -0.05) is 30.4 Å². The summed E-state index contributed by atoms with van der Waals surface area (Å²) in [6.07, 6.45) is 10.2. The summed E-state index contributed by atoms with van der Waals surface area (Å²) < 4.78 is 5.09. The van der Waals surface area contributed by atoms with E-state index in [4.69, 9.17) is 4.74 Å². The van der Waals surface area contributed by atoms with Crippen molar-refractivity contribution < 1.29 is 9.53 Å². The number of benzene rings is 1. The summed E-state index contributed by atoms with van der Waals surface area (Å²) in [4.78, 5) is 15.7. The number of aromatic nitrogens is 1. The average molecular weight is 265 g/mol. The number of carbonyl (C=O) groups excluding carboxylic acids is 1. The van der Waals surface area contributed by atoms with Crippen molar-refractivity contribution in [1.29, 1.82) is 0 Å². The van der Waals surface area contributed by atoms with E-state index in [1.807, 2.05) is 36.4 Å². The highest BCUT2D eigenvalue weighted by Gasteiger charge is 1.98. The zero-order valence-corrected chi connectivity index (χ0v) is 11.2. The Hall–Kier alpha value is -2.68. The predicted octanol–water partition coefficient (Wildman–Crippen LogP) is 3.54. The summed E-state index contributed by atoms with van der Waals surface area (Å²) in [6, 6.07) is 11.1. The van der Waals surface area contributed by atoms with Gasteiger partial charge in [0.05, 0.1) is 7.11 Å². The Morgan fingerprint density at radius 1 is 1.05 bits per heavy atom. The van der Waals surface area contributed by atoms with E-state index in [2.05, 4.69) is 4.98 Å². The van der Waals surface area contributed by atoms with Gasteiger partial charge in [-0.25, -0.2) is 0 Å². The normalized spacial score (nSPS) is 11.1. The molecule has 0 radical (unpaired) electrons. The number of rotatable bonds is 5. The van der Waals surface area contributed by atoms with E-state index in [0.29, 0.717) is 5.56 Å². The van der Waals surface area contributed by atoms with Gasteiger partial charge in [-0.2, -0.15) is 0 Å². The molecule has 1 aromatic carbocycles. The number of methoxy groups -OCH3 is 1. The SMILES string of the molecule is COc1ccc(/C=C/C=C/C(=O)c2ccncc2)cc1. The van der Waals surface area contributed by atoms with Crippen molar-refractivity contribution in [2.45, 2.75) is 0 Å². The molecule has 0 aliphatic rings. The van der Waals surface area contributed by atoms with Crippen LogP contribution in [0, 0.1) is 0 Å². The smallest absolute Gasteiger partial charge is 0.185 e. The van der Waals surface area contributed by atoms with E-state index >= 15 is 0 Å². The first-order valence-electron chi connectivity index (χ1n) is 6.23. The zero-order chi connectivity index (χ0) is 14.2. The fourth-order valence-corrected chi connectivity index (χ4v) is 1.64. The fraction of sp³-hybridized carbons (Fsp3) is 0.0588. The molecule has 20 heavy (non-hydrogen) atoms. The molecule has 0 spiro atoms. The van der Waals surface area contributed by atoms with Gasteiger partial charge in [-0.15, -0.1) is 0 Å². The molecule has 2 rings (SSSR count). The van der Waals surface area contributed by atoms with E-state index in [9.17, 15) is 4.79 Å². The van der Waals surface area contributed by atoms with Gasteiger partial charge >= 0.3 is 0 Å². The molecule has 0 saturated carbocycles. The molecule has 2 aromatic rings. The first-order chi connectivity index (χ1) is 9.79. The molecule has 1 heterocycles. The zero-order valence-electron chi connectivity index (χ0n) is 11.2. The number of hydrogen-bond donors (Lipinski definition) is 0. The van der Waals surface area contributed by atoms with Crippen LogP contribution in [0.25, 0.3) is 6.08 Å². The van der Waals surface area contributed by atoms with E-state index < -0.39 is 0 Å². The molecule has 0 atom stereocenters. The minimum Gasteiger partial charge on any atom is -0.497 e. The second kappa shape index (κ2) is 7.04. The summed E-state index contributed by atoms with van der Waals surface area (Å²) in [7, 11) is 1.64. The van der Waals surface area contributed by atoms with Crippen LogP contribution in [0.15, 0.2) is 67.0 Å². The monoisotopic (exact) mass is 265 g/mol. The molecule has 3 heteroatoms. The number of hydrogen-bond acceptors (Lipinski definition) is 3. The molecule has 0 aliphatic carbocycles. The molecule has 1 aromatic heterocycles. The summed E-state index contributed by atoms with van der Waals surface area (Å²) in [5, 5.41) is 0. The third kappa shape index (κ3) is 3.92. The van der Waals surface area contributed by atoms with Crippen LogP contribution >= 0.6 is 0 Å². The highest BCUT2D eigenvalue weighted by atomic mass is 16.5. The van der Waals surface area contributed by atoms with Crippen molar-refractivity contribution in [2.24, 2.45) is 0 Å². The van der Waals surface area contributed by atoms with E-state index in [0.717, 1.165) is 11.3 Å². The van der Waals surface area contributed by atoms with E-state index in [1.54, 1.807) is 37.7 Å². The average Bonchev–Trinajstić information content (AvgIpc) is 2.53. The largest absolute Gasteiger partial charge is 0.497 e. The molecular formula is C17H15NO2. The van der Waals surface area contributed by atoms with Crippen molar-refractivity contribution in [1.82, 2.24) is 4.98 Å². The van der Waals surface area contributed by atoms with Crippen LogP contribution in [0.4, 0.5) is 0 Å². The molecular weight excluding hydrogens is 250 g/mol. The maximum absolute atomic E-state index is 11.8. The van der Waals surface area contributed by atoms with Crippen LogP contribution in [0.5, 0.6) is 5.75 Å². The van der Waals surface area contributed by atoms with Crippen molar-refractivity contribution in [3.63, 3.8) is 0 Å². The van der Waals surface area contributed by atoms with Crippen molar-refractivity contribution in [3.8, 4) is 5.75 Å². The van der Waals surface area contributed by atoms with Gasteiger partial charge in [-0.05, 0) is 35.9 Å². The van der Waals surface area contributed by atoms with Gasteiger partial charge in [-0.3, -0.25) is 9.78 Å². The van der Waals surface area contributed by atoms with Gasteiger partial charge in [0.25, 0.3) is 0 Å². The van der Waals surface area contributed by atoms with Gasteiger partial charge in [0.2, 0.25) is 0 Å². The van der Waals surface area contributed by atoms with Gasteiger partial charge < -0.3 is 4.74 Å². The first-order valence-corrected chi connectivity index (χ1v) is 6.23. The molecule has 0 aliphatic heterocycles. The Bertz CT molecular complexity index is 613. The van der Waals surface area contributed by atoms with Gasteiger partial charge in [0.15, 0.2) is 5.78 Å². The van der Waals surface area contributed by atoms with Gasteiger partial charge in [0.1, 0.15) is 5.75 Å². The Balaban J connectivity index is 1.95. The lowest BCUT2D eigenvalue weighted by atomic mass is 10.1. The summed E-state index contributed by atoms with van der Waals surface area (Å²) in [5.41, 5.74) is 1.68. The molecule has 3 nitrogen and oxygen atoms in total. The molecule has 0 N–H and O–H groups in total. The van der Waals surface area contributed by atoms with Crippen LogP contribution < -0.4 is 4.74 Å². The Kier molecular flexibility index (Phi) is 4.84. The number of nitrogens with zero attached hydrogens (tertiary/aromatic N) is 1. The Morgan fingerprint density at radius 3 is 2.40 bits per heavy atom. The number of carbonyl (C=O) groups is 1.